The number of rotatable bonds is 3. The maximum atomic E-state index is 13.8. The van der Waals surface area contributed by atoms with Gasteiger partial charge in [-0.05, 0) is 23.9 Å². The highest BCUT2D eigenvalue weighted by Crippen LogP contribution is 2.37. The van der Waals surface area contributed by atoms with E-state index < -0.39 is 46.1 Å². The normalized spacial score (nSPS) is 25.1. The monoisotopic (exact) mass is 319 g/mol. The van der Waals surface area contributed by atoms with E-state index in [1.807, 2.05) is 0 Å². The van der Waals surface area contributed by atoms with Crippen molar-refractivity contribution in [2.45, 2.75) is 18.8 Å². The zero-order valence-corrected chi connectivity index (χ0v) is 11.6. The van der Waals surface area contributed by atoms with Crippen molar-refractivity contribution in [1.82, 2.24) is 0 Å². The molecule has 1 nitrogen and oxygen atoms in total. The lowest BCUT2D eigenvalue weighted by Gasteiger charge is -2.26. The van der Waals surface area contributed by atoms with Gasteiger partial charge in [-0.3, -0.25) is 0 Å². The van der Waals surface area contributed by atoms with Gasteiger partial charge in [0.1, 0.15) is 29.0 Å². The van der Waals surface area contributed by atoms with Gasteiger partial charge < -0.3 is 4.74 Å². The number of hydrogen-bond acceptors (Lipinski definition) is 1. The molecular weight excluding hydrogens is 309 g/mol. The number of allylic oxidation sites excluding steroid dienone is 4. The van der Waals surface area contributed by atoms with Crippen LogP contribution in [0.2, 0.25) is 0 Å². The van der Waals surface area contributed by atoms with E-state index >= 15 is 0 Å². The molecule has 2 atom stereocenters. The third-order valence-corrected chi connectivity index (χ3v) is 3.21. The van der Waals surface area contributed by atoms with Gasteiger partial charge in [-0.15, -0.1) is 0 Å². The van der Waals surface area contributed by atoms with Gasteiger partial charge in [0, 0.05) is 12.1 Å². The Morgan fingerprint density at radius 2 is 1.82 bits per heavy atom. The molecule has 0 saturated carbocycles. The molecule has 0 fully saturated rings. The SMILES string of the molecule is COc1cc(F)cc(F)c1[B]C1=C(F)C(F)C(C)(F)C=C1F. The fourth-order valence-corrected chi connectivity index (χ4v) is 2.05. The standard InChI is InChI=1S/C14H10BF6O/c1-14(21)5-8(18)11(12(19)13(14)20)15-10-7(17)3-6(16)4-9(10)22-2/h3-5,13H,1-2H3. The van der Waals surface area contributed by atoms with Gasteiger partial charge in [0.05, 0.1) is 7.11 Å². The van der Waals surface area contributed by atoms with Crippen molar-refractivity contribution < 1.29 is 31.1 Å². The van der Waals surface area contributed by atoms with Crippen molar-refractivity contribution in [3.8, 4) is 5.75 Å². The van der Waals surface area contributed by atoms with Gasteiger partial charge in [0.25, 0.3) is 0 Å². The summed E-state index contributed by atoms with van der Waals surface area (Å²) in [6, 6.07) is 1.27. The Labute approximate surface area is 123 Å². The van der Waals surface area contributed by atoms with Crippen LogP contribution < -0.4 is 10.2 Å². The van der Waals surface area contributed by atoms with E-state index in [4.69, 9.17) is 4.74 Å². The van der Waals surface area contributed by atoms with Gasteiger partial charge in [0.15, 0.2) is 11.8 Å². The Morgan fingerprint density at radius 3 is 2.41 bits per heavy atom. The molecular formula is C14H10BF6O. The van der Waals surface area contributed by atoms with Gasteiger partial charge in [0.2, 0.25) is 7.28 Å². The zero-order chi connectivity index (χ0) is 16.7. The van der Waals surface area contributed by atoms with E-state index in [1.54, 1.807) is 0 Å². The molecule has 0 aliphatic heterocycles. The highest BCUT2D eigenvalue weighted by molar-refractivity contribution is 6.63. The molecule has 0 heterocycles. The summed E-state index contributed by atoms with van der Waals surface area (Å²) in [6.07, 6.45) is -2.46. The van der Waals surface area contributed by atoms with Crippen molar-refractivity contribution in [3.05, 3.63) is 47.0 Å². The Bertz CT molecular complexity index is 668. The summed E-state index contributed by atoms with van der Waals surface area (Å²) in [7, 11) is 1.70. The molecule has 2 unspecified atom stereocenters. The number of benzene rings is 1. The van der Waals surface area contributed by atoms with Crippen LogP contribution in [0.4, 0.5) is 26.3 Å². The van der Waals surface area contributed by atoms with Gasteiger partial charge >= 0.3 is 0 Å². The third-order valence-electron chi connectivity index (χ3n) is 3.21. The van der Waals surface area contributed by atoms with Crippen molar-refractivity contribution in [2.75, 3.05) is 7.11 Å². The third kappa shape index (κ3) is 2.87. The number of methoxy groups -OCH3 is 1. The maximum Gasteiger partial charge on any atom is 0.207 e. The van der Waals surface area contributed by atoms with E-state index in [-0.39, 0.29) is 11.8 Å². The van der Waals surface area contributed by atoms with Gasteiger partial charge in [-0.2, -0.15) is 0 Å². The van der Waals surface area contributed by atoms with E-state index in [0.29, 0.717) is 20.3 Å². The minimum absolute atomic E-state index is 0.264. The largest absolute Gasteiger partial charge is 0.497 e. The molecule has 0 bridgehead atoms. The van der Waals surface area contributed by atoms with Crippen LogP contribution in [0.5, 0.6) is 5.75 Å². The summed E-state index contributed by atoms with van der Waals surface area (Å²) in [6.45, 7) is 0.673. The minimum Gasteiger partial charge on any atom is -0.497 e. The highest BCUT2D eigenvalue weighted by atomic mass is 19.2. The summed E-state index contributed by atoms with van der Waals surface area (Å²) < 4.78 is 86.4. The lowest BCUT2D eigenvalue weighted by Crippen LogP contribution is -2.36. The van der Waals surface area contributed by atoms with E-state index in [2.05, 4.69) is 0 Å². The smallest absolute Gasteiger partial charge is 0.207 e. The molecule has 8 heteroatoms. The maximum absolute atomic E-state index is 13.8. The van der Waals surface area contributed by atoms with E-state index in [0.717, 1.165) is 13.2 Å². The summed E-state index contributed by atoms with van der Waals surface area (Å²) in [5.74, 6) is -5.55. The average molecular weight is 319 g/mol. The number of alkyl halides is 2. The second kappa shape index (κ2) is 5.74. The molecule has 1 radical (unpaired) electrons. The number of hydrogen-bond donors (Lipinski definition) is 0. The van der Waals surface area contributed by atoms with E-state index in [9.17, 15) is 26.3 Å². The first kappa shape index (κ1) is 16.5. The first-order chi connectivity index (χ1) is 10.2. The topological polar surface area (TPSA) is 9.23 Å². The Kier molecular flexibility index (Phi) is 4.31. The van der Waals surface area contributed by atoms with E-state index in [1.165, 1.54) is 0 Å². The molecule has 0 N–H and O–H groups in total. The Balaban J connectivity index is 2.48. The summed E-state index contributed by atoms with van der Waals surface area (Å²) in [5.41, 5.74) is -4.28. The van der Waals surface area contributed by atoms with Crippen molar-refractivity contribution in [2.24, 2.45) is 0 Å². The van der Waals surface area contributed by atoms with Crippen LogP contribution in [0.25, 0.3) is 0 Å². The fourth-order valence-electron chi connectivity index (χ4n) is 2.05. The summed E-state index contributed by atoms with van der Waals surface area (Å²) in [4.78, 5) is 0. The van der Waals surface area contributed by atoms with Crippen LogP contribution >= 0.6 is 0 Å². The lowest BCUT2D eigenvalue weighted by atomic mass is 9.60. The lowest BCUT2D eigenvalue weighted by molar-refractivity contribution is 0.114. The molecule has 1 aromatic carbocycles. The second-order valence-corrected chi connectivity index (χ2v) is 4.92. The van der Waals surface area contributed by atoms with Crippen molar-refractivity contribution in [1.29, 1.82) is 0 Å². The minimum atomic E-state index is -2.85. The molecule has 0 spiro atoms. The number of halogens is 6. The quantitative estimate of drug-likeness (QED) is 0.613. The summed E-state index contributed by atoms with van der Waals surface area (Å²) >= 11 is 0. The second-order valence-electron chi connectivity index (χ2n) is 4.92. The molecule has 0 amide bonds. The van der Waals surface area contributed by atoms with Gasteiger partial charge in [-0.1, -0.05) is 0 Å². The first-order valence-corrected chi connectivity index (χ1v) is 6.16. The predicted octanol–water partition coefficient (Wildman–Crippen LogP) is 3.42. The summed E-state index contributed by atoms with van der Waals surface area (Å²) in [5, 5.41) is 0. The molecule has 117 valence electrons. The van der Waals surface area contributed by atoms with Crippen LogP contribution in [-0.2, 0) is 0 Å². The van der Waals surface area contributed by atoms with Crippen molar-refractivity contribution in [3.63, 3.8) is 0 Å². The van der Waals surface area contributed by atoms with Crippen LogP contribution in [0.1, 0.15) is 6.92 Å². The van der Waals surface area contributed by atoms with Gasteiger partial charge in [-0.25, -0.2) is 26.3 Å². The molecule has 0 aromatic heterocycles. The molecule has 1 aliphatic rings. The van der Waals surface area contributed by atoms with Crippen LogP contribution in [0, 0.1) is 11.6 Å². The predicted molar refractivity (Wildman–Crippen MR) is 70.0 cm³/mol. The van der Waals surface area contributed by atoms with Crippen LogP contribution in [-0.4, -0.2) is 26.2 Å². The number of ether oxygens (including phenoxy) is 1. The van der Waals surface area contributed by atoms with Crippen LogP contribution in [0.15, 0.2) is 35.3 Å². The van der Waals surface area contributed by atoms with Crippen molar-refractivity contribution >= 4 is 12.7 Å². The highest BCUT2D eigenvalue weighted by Gasteiger charge is 2.42. The van der Waals surface area contributed by atoms with Crippen LogP contribution in [0.3, 0.4) is 0 Å². The average Bonchev–Trinajstić information content (AvgIpc) is 2.42. The Morgan fingerprint density at radius 1 is 1.18 bits per heavy atom. The molecule has 22 heavy (non-hydrogen) atoms. The molecule has 1 aliphatic carbocycles. The fraction of sp³-hybridized carbons (Fsp3) is 0.286. The zero-order valence-electron chi connectivity index (χ0n) is 11.6. The first-order valence-electron chi connectivity index (χ1n) is 6.16. The molecule has 1 aromatic rings. The molecule has 2 rings (SSSR count). The molecule has 0 saturated heterocycles. The Hall–Kier alpha value is -1.86.